The second-order valence-corrected chi connectivity index (χ2v) is 11.2. The van der Waals surface area contributed by atoms with Crippen LogP contribution in [0, 0.1) is 12.3 Å². The fourth-order valence-electron chi connectivity index (χ4n) is 6.06. The molecule has 0 aliphatic heterocycles. The zero-order valence-corrected chi connectivity index (χ0v) is 21.5. The van der Waals surface area contributed by atoms with Crippen LogP contribution in [-0.2, 0) is 13.4 Å². The smallest absolute Gasteiger partial charge is 0.212 e. The van der Waals surface area contributed by atoms with Crippen molar-refractivity contribution in [3.63, 3.8) is 0 Å². The van der Waals surface area contributed by atoms with E-state index < -0.39 is 11.8 Å². The molecule has 3 aromatic heterocycles. The lowest BCUT2D eigenvalue weighted by atomic mass is 9.88. The number of hydrogen-bond acceptors (Lipinski definition) is 0. The van der Waals surface area contributed by atoms with Crippen molar-refractivity contribution in [2.75, 3.05) is 0 Å². The van der Waals surface area contributed by atoms with Crippen LogP contribution >= 0.6 is 0 Å². The van der Waals surface area contributed by atoms with Gasteiger partial charge in [-0.25, -0.2) is 4.57 Å². The first-order valence-electron chi connectivity index (χ1n) is 13.7. The molecular weight excluding hydrogens is 436 g/mol. The number of nitrogens with zero attached hydrogens (tertiary/aromatic N) is 2. The molecule has 0 aliphatic carbocycles. The predicted octanol–water partition coefficient (Wildman–Crippen LogP) is 8.38. The summed E-state index contributed by atoms with van der Waals surface area (Å²) >= 11 is 0. The van der Waals surface area contributed by atoms with Crippen LogP contribution in [0.25, 0.3) is 60.1 Å². The highest BCUT2D eigenvalue weighted by molar-refractivity contribution is 6.27. The average Bonchev–Trinajstić information content (AvgIpc) is 3.40. The van der Waals surface area contributed by atoms with Crippen molar-refractivity contribution in [2.24, 2.45) is 12.5 Å². The standard InChI is InChI=1S/C34H31N2/c1-21-17-29-23(18-28(21)30-16-13-22(20-35(30)5)19-34(2,3)4)14-15-27-26-11-8-10-25-24-9-6-7-12-31(24)36(32(25)26)33(27)29/h6-18,20H,19H2,1-5H3/q+1/i19D2. The van der Waals surface area contributed by atoms with Gasteiger partial charge in [-0.1, -0.05) is 69.3 Å². The maximum absolute atomic E-state index is 8.71. The minimum Gasteiger partial charge on any atom is -0.307 e. The Morgan fingerprint density at radius 2 is 1.47 bits per heavy atom. The van der Waals surface area contributed by atoms with Gasteiger partial charge < -0.3 is 4.40 Å². The van der Waals surface area contributed by atoms with Crippen molar-refractivity contribution in [3.05, 3.63) is 96.2 Å². The summed E-state index contributed by atoms with van der Waals surface area (Å²) in [5.74, 6) is 0. The quantitative estimate of drug-likeness (QED) is 0.225. The van der Waals surface area contributed by atoms with Gasteiger partial charge in [0, 0.05) is 46.9 Å². The van der Waals surface area contributed by atoms with Gasteiger partial charge in [-0.3, -0.25) is 0 Å². The molecule has 0 amide bonds. The zero-order valence-electron chi connectivity index (χ0n) is 23.5. The Bertz CT molecular complexity index is 2060. The van der Waals surface area contributed by atoms with E-state index in [2.05, 4.69) is 88.7 Å². The second-order valence-electron chi connectivity index (χ2n) is 11.2. The summed E-state index contributed by atoms with van der Waals surface area (Å²) in [4.78, 5) is 0. The fraction of sp³-hybridized carbons (Fsp3) is 0.206. The van der Waals surface area contributed by atoms with Gasteiger partial charge in [0.2, 0.25) is 5.69 Å². The van der Waals surface area contributed by atoms with E-state index in [-0.39, 0.29) is 0 Å². The summed E-state index contributed by atoms with van der Waals surface area (Å²) in [6.45, 7) is 8.04. The molecule has 7 rings (SSSR count). The molecular formula is C34H31N2+. The molecule has 0 aliphatic rings. The SMILES string of the molecule is [2H]C([2H])(c1ccc(-c2cc3ccc4c5cccc6c7ccccc7n(c4c3cc2C)c65)[n+](C)c1)C(C)(C)C. The van der Waals surface area contributed by atoms with Crippen molar-refractivity contribution in [3.8, 4) is 11.3 Å². The molecule has 4 aromatic carbocycles. The van der Waals surface area contributed by atoms with Crippen LogP contribution < -0.4 is 4.57 Å². The number of pyridine rings is 1. The number of aromatic nitrogens is 2. The molecule has 0 spiro atoms. The number of rotatable bonds is 2. The van der Waals surface area contributed by atoms with Gasteiger partial charge in [0.15, 0.2) is 6.20 Å². The highest BCUT2D eigenvalue weighted by atomic mass is 14.9. The minimum atomic E-state index is -1.43. The van der Waals surface area contributed by atoms with Crippen LogP contribution in [0.2, 0.25) is 0 Å². The van der Waals surface area contributed by atoms with Crippen molar-refractivity contribution >= 4 is 48.9 Å². The molecule has 36 heavy (non-hydrogen) atoms. The van der Waals surface area contributed by atoms with E-state index in [4.69, 9.17) is 2.74 Å². The number of aryl methyl sites for hydroxylation is 2. The summed E-state index contributed by atoms with van der Waals surface area (Å²) in [5, 5.41) is 7.64. The van der Waals surface area contributed by atoms with E-state index in [0.717, 1.165) is 5.69 Å². The molecule has 3 heterocycles. The van der Waals surface area contributed by atoms with Gasteiger partial charge in [-0.15, -0.1) is 0 Å². The van der Waals surface area contributed by atoms with Gasteiger partial charge in [-0.05, 0) is 53.9 Å². The third kappa shape index (κ3) is 3.00. The normalized spacial score (nSPS) is 13.9. The van der Waals surface area contributed by atoms with Gasteiger partial charge in [-0.2, -0.15) is 0 Å². The number of hydrogen-bond donors (Lipinski definition) is 0. The molecule has 176 valence electrons. The largest absolute Gasteiger partial charge is 0.307 e. The topological polar surface area (TPSA) is 8.29 Å². The van der Waals surface area contributed by atoms with Crippen LogP contribution in [0.5, 0.6) is 0 Å². The van der Waals surface area contributed by atoms with Crippen molar-refractivity contribution in [1.82, 2.24) is 4.40 Å². The summed E-state index contributed by atoms with van der Waals surface area (Å²) in [5.41, 5.74) is 7.47. The van der Waals surface area contributed by atoms with Gasteiger partial charge in [0.1, 0.15) is 7.05 Å². The summed E-state index contributed by atoms with van der Waals surface area (Å²) in [6.07, 6.45) is 0.522. The van der Waals surface area contributed by atoms with E-state index in [1.165, 1.54) is 60.0 Å². The Morgan fingerprint density at radius 3 is 2.25 bits per heavy atom. The minimum absolute atomic E-state index is 0.494. The van der Waals surface area contributed by atoms with Gasteiger partial charge in [0.05, 0.1) is 16.6 Å². The molecule has 2 nitrogen and oxygen atoms in total. The van der Waals surface area contributed by atoms with E-state index >= 15 is 0 Å². The highest BCUT2D eigenvalue weighted by Gasteiger charge is 2.21. The highest BCUT2D eigenvalue weighted by Crippen LogP contribution is 2.42. The summed E-state index contributed by atoms with van der Waals surface area (Å²) in [7, 11) is 2.02. The van der Waals surface area contributed by atoms with Crippen LogP contribution in [0.3, 0.4) is 0 Å². The Kier molecular flexibility index (Phi) is 3.91. The van der Waals surface area contributed by atoms with Gasteiger partial charge in [0.25, 0.3) is 0 Å². The number of benzene rings is 4. The first-order valence-corrected chi connectivity index (χ1v) is 12.7. The molecule has 0 N–H and O–H groups in total. The third-order valence-corrected chi connectivity index (χ3v) is 7.47. The first-order chi connectivity index (χ1) is 18.1. The second kappa shape index (κ2) is 7.30. The molecule has 0 fully saturated rings. The Morgan fingerprint density at radius 1 is 0.778 bits per heavy atom. The Labute approximate surface area is 214 Å². The third-order valence-electron chi connectivity index (χ3n) is 7.47. The Balaban J connectivity index is 1.49. The van der Waals surface area contributed by atoms with E-state index in [1.807, 2.05) is 40.1 Å². The average molecular weight is 470 g/mol. The molecule has 0 atom stereocenters. The summed E-state index contributed by atoms with van der Waals surface area (Å²) in [6, 6.07) is 28.5. The summed E-state index contributed by atoms with van der Waals surface area (Å²) < 4.78 is 21.9. The van der Waals surface area contributed by atoms with Crippen LogP contribution in [0.1, 0.15) is 34.6 Å². The van der Waals surface area contributed by atoms with E-state index in [9.17, 15) is 0 Å². The maximum atomic E-state index is 8.71. The molecule has 0 saturated carbocycles. The molecule has 2 heteroatoms. The van der Waals surface area contributed by atoms with Crippen LogP contribution in [-0.4, -0.2) is 4.40 Å². The van der Waals surface area contributed by atoms with Crippen molar-refractivity contribution in [2.45, 2.75) is 34.1 Å². The van der Waals surface area contributed by atoms with E-state index in [1.54, 1.807) is 0 Å². The van der Waals surface area contributed by atoms with Crippen molar-refractivity contribution in [1.29, 1.82) is 0 Å². The van der Waals surface area contributed by atoms with Crippen molar-refractivity contribution < 1.29 is 7.31 Å². The lowest BCUT2D eigenvalue weighted by Gasteiger charge is -2.17. The van der Waals surface area contributed by atoms with Crippen LogP contribution in [0.15, 0.2) is 85.1 Å². The Hall–Kier alpha value is -3.91. The monoisotopic (exact) mass is 469 g/mol. The molecule has 0 radical (unpaired) electrons. The van der Waals surface area contributed by atoms with E-state index in [0.29, 0.717) is 5.56 Å². The zero-order chi connectivity index (χ0) is 26.6. The number of fused-ring (bicyclic) bond motifs is 8. The first kappa shape index (κ1) is 19.3. The van der Waals surface area contributed by atoms with Crippen LogP contribution in [0.4, 0.5) is 0 Å². The lowest BCUT2D eigenvalue weighted by Crippen LogP contribution is -2.32. The molecule has 0 saturated heterocycles. The van der Waals surface area contributed by atoms with Gasteiger partial charge >= 0.3 is 0 Å². The molecule has 0 unspecified atom stereocenters. The lowest BCUT2D eigenvalue weighted by molar-refractivity contribution is -0.660. The maximum Gasteiger partial charge on any atom is 0.212 e. The molecule has 0 bridgehead atoms. The fourth-order valence-corrected chi connectivity index (χ4v) is 6.06. The number of para-hydroxylation sites is 2. The molecule has 7 aromatic rings. The predicted molar refractivity (Wildman–Crippen MR) is 153 cm³/mol.